The van der Waals surface area contributed by atoms with Gasteiger partial charge in [-0.15, -0.1) is 6.42 Å². The Morgan fingerprint density at radius 1 is 0.878 bits per heavy atom. The van der Waals surface area contributed by atoms with E-state index in [4.69, 9.17) is 29.8 Å². The maximum Gasteiger partial charge on any atom is 0.193 e. The number of unbranched alkanes of at least 4 members (excludes halogenated alkanes) is 10. The molecule has 1 aromatic rings. The van der Waals surface area contributed by atoms with Crippen LogP contribution in [0.5, 0.6) is 5.75 Å². The van der Waals surface area contributed by atoms with E-state index in [0.29, 0.717) is 6.61 Å². The van der Waals surface area contributed by atoms with Gasteiger partial charge in [0.1, 0.15) is 18.0 Å². The van der Waals surface area contributed by atoms with Gasteiger partial charge in [-0.05, 0) is 62.5 Å². The highest BCUT2D eigenvalue weighted by Gasteiger charge is 2.48. The number of terminal acetylenes is 1. The predicted molar refractivity (Wildman–Crippen MR) is 173 cm³/mol. The van der Waals surface area contributed by atoms with Gasteiger partial charge in [-0.2, -0.15) is 0 Å². The zero-order valence-electron chi connectivity index (χ0n) is 27.6. The molecular formula is C35H60O5Si. The first-order chi connectivity index (χ1) is 19.4. The van der Waals surface area contributed by atoms with Crippen LogP contribution in [-0.4, -0.2) is 46.1 Å². The highest BCUT2D eigenvalue weighted by Crippen LogP contribution is 2.40. The summed E-state index contributed by atoms with van der Waals surface area (Å²) in [7, 11) is -0.317. The van der Waals surface area contributed by atoms with Crippen molar-refractivity contribution in [3.8, 4) is 18.1 Å². The van der Waals surface area contributed by atoms with E-state index in [1.165, 1.54) is 63.4 Å². The Labute approximate surface area is 253 Å². The summed E-state index contributed by atoms with van der Waals surface area (Å²) >= 11 is 0. The van der Waals surface area contributed by atoms with Crippen molar-refractivity contribution in [1.82, 2.24) is 0 Å². The molecule has 0 aromatic heterocycles. The Morgan fingerprint density at radius 2 is 1.41 bits per heavy atom. The molecule has 0 bridgehead atoms. The number of benzene rings is 1. The molecule has 41 heavy (non-hydrogen) atoms. The van der Waals surface area contributed by atoms with Crippen LogP contribution < -0.4 is 4.74 Å². The zero-order chi connectivity index (χ0) is 30.4. The van der Waals surface area contributed by atoms with E-state index >= 15 is 0 Å². The van der Waals surface area contributed by atoms with Crippen LogP contribution in [-0.2, 0) is 25.2 Å². The lowest BCUT2D eigenvalue weighted by atomic mass is 10.0. The molecule has 6 heteroatoms. The smallest absolute Gasteiger partial charge is 0.193 e. The Bertz CT molecular complexity index is 883. The molecule has 3 atom stereocenters. The van der Waals surface area contributed by atoms with Gasteiger partial charge in [-0.25, -0.2) is 0 Å². The Kier molecular flexibility index (Phi) is 15.5. The maximum absolute atomic E-state index is 6.59. The lowest BCUT2D eigenvalue weighted by molar-refractivity contribution is -0.151. The second-order valence-electron chi connectivity index (χ2n) is 13.7. The number of rotatable bonds is 20. The van der Waals surface area contributed by atoms with E-state index in [1.54, 1.807) is 7.11 Å². The predicted octanol–water partition coefficient (Wildman–Crippen LogP) is 9.44. The first kappa shape index (κ1) is 35.8. The molecule has 1 saturated heterocycles. The minimum Gasteiger partial charge on any atom is -0.497 e. The Morgan fingerprint density at radius 3 is 1.93 bits per heavy atom. The van der Waals surface area contributed by atoms with Crippen molar-refractivity contribution in [3.05, 3.63) is 29.8 Å². The second kappa shape index (κ2) is 17.7. The van der Waals surface area contributed by atoms with Crippen molar-refractivity contribution in [1.29, 1.82) is 0 Å². The van der Waals surface area contributed by atoms with E-state index < -0.39 is 14.1 Å². The zero-order valence-corrected chi connectivity index (χ0v) is 28.6. The molecule has 0 N–H and O–H groups in total. The van der Waals surface area contributed by atoms with Crippen molar-refractivity contribution in [3.63, 3.8) is 0 Å². The van der Waals surface area contributed by atoms with Crippen molar-refractivity contribution >= 4 is 8.32 Å². The molecule has 1 aliphatic heterocycles. The summed E-state index contributed by atoms with van der Waals surface area (Å²) in [6, 6.07) is 8.10. The molecule has 0 amide bonds. The van der Waals surface area contributed by atoms with Crippen molar-refractivity contribution in [2.75, 3.05) is 13.7 Å². The maximum atomic E-state index is 6.59. The monoisotopic (exact) mass is 588 g/mol. The van der Waals surface area contributed by atoms with Gasteiger partial charge in [0.05, 0.1) is 19.8 Å². The highest BCUT2D eigenvalue weighted by atomic mass is 28.4. The van der Waals surface area contributed by atoms with E-state index in [-0.39, 0.29) is 23.4 Å². The first-order valence-corrected chi connectivity index (χ1v) is 19.0. The van der Waals surface area contributed by atoms with Crippen molar-refractivity contribution < 1.29 is 23.4 Å². The van der Waals surface area contributed by atoms with Gasteiger partial charge < -0.3 is 23.4 Å². The van der Waals surface area contributed by atoms with E-state index in [9.17, 15) is 0 Å². The average Bonchev–Trinajstić information content (AvgIpc) is 3.23. The van der Waals surface area contributed by atoms with Crippen LogP contribution in [0, 0.1) is 12.3 Å². The molecule has 1 aliphatic rings. The average molecular weight is 589 g/mol. The van der Waals surface area contributed by atoms with Crippen LogP contribution in [0.3, 0.4) is 0 Å². The Balaban J connectivity index is 1.50. The van der Waals surface area contributed by atoms with Gasteiger partial charge in [0, 0.05) is 6.61 Å². The van der Waals surface area contributed by atoms with Gasteiger partial charge in [-0.1, -0.05) is 103 Å². The standard InChI is InChI=1S/C35H60O5Si/c1-10-31(40-41(8,9)34(2,3)4)33-32(38-35(5,6)39-33)22-20-18-16-14-12-11-13-15-17-19-21-27-37-28-29-23-25-30(36-7)26-24-29/h1,23-26,31-33H,11-22,27-28H2,2-9H3/t31-,32-,33-/m0/s1. The summed E-state index contributed by atoms with van der Waals surface area (Å²) < 4.78 is 30.2. The molecule has 0 unspecified atom stereocenters. The minimum absolute atomic E-state index is 0.0105. The van der Waals surface area contributed by atoms with Crippen LogP contribution >= 0.6 is 0 Å². The van der Waals surface area contributed by atoms with E-state index in [0.717, 1.165) is 31.6 Å². The molecule has 2 rings (SSSR count). The van der Waals surface area contributed by atoms with Gasteiger partial charge in [0.25, 0.3) is 0 Å². The summed E-state index contributed by atoms with van der Waals surface area (Å²) in [4.78, 5) is 0. The fraction of sp³-hybridized carbons (Fsp3) is 0.771. The minimum atomic E-state index is -2.01. The molecule has 234 valence electrons. The quantitative estimate of drug-likeness (QED) is 0.0862. The second-order valence-corrected chi connectivity index (χ2v) is 18.4. The van der Waals surface area contributed by atoms with Gasteiger partial charge in [-0.3, -0.25) is 0 Å². The number of hydrogen-bond donors (Lipinski definition) is 0. The molecule has 1 aromatic carbocycles. The fourth-order valence-electron chi connectivity index (χ4n) is 5.09. The third kappa shape index (κ3) is 13.2. The first-order valence-electron chi connectivity index (χ1n) is 16.1. The summed E-state index contributed by atoms with van der Waals surface area (Å²) in [5.74, 6) is 3.17. The summed E-state index contributed by atoms with van der Waals surface area (Å²) in [5, 5.41) is 0.0975. The van der Waals surface area contributed by atoms with Crippen LogP contribution in [0.25, 0.3) is 0 Å². The summed E-state index contributed by atoms with van der Waals surface area (Å²) in [6.45, 7) is 16.7. The molecule has 0 saturated carbocycles. The number of methoxy groups -OCH3 is 1. The number of ether oxygens (including phenoxy) is 4. The molecule has 5 nitrogen and oxygen atoms in total. The number of hydrogen-bond acceptors (Lipinski definition) is 5. The third-order valence-electron chi connectivity index (χ3n) is 8.62. The molecule has 0 radical (unpaired) electrons. The molecule has 0 spiro atoms. The normalized spacial score (nSPS) is 19.7. The third-order valence-corrected chi connectivity index (χ3v) is 13.1. The molecule has 1 heterocycles. The molecule has 0 aliphatic carbocycles. The van der Waals surface area contributed by atoms with Gasteiger partial charge in [0.15, 0.2) is 14.1 Å². The lowest BCUT2D eigenvalue weighted by Crippen LogP contribution is -2.48. The summed E-state index contributed by atoms with van der Waals surface area (Å²) in [5.41, 5.74) is 1.20. The van der Waals surface area contributed by atoms with Crippen LogP contribution in [0.15, 0.2) is 24.3 Å². The lowest BCUT2D eigenvalue weighted by Gasteiger charge is -2.39. The topological polar surface area (TPSA) is 46.2 Å². The molecular weight excluding hydrogens is 528 g/mol. The van der Waals surface area contributed by atoms with E-state index in [1.807, 2.05) is 26.0 Å². The van der Waals surface area contributed by atoms with E-state index in [2.05, 4.69) is 51.9 Å². The van der Waals surface area contributed by atoms with Crippen LogP contribution in [0.4, 0.5) is 0 Å². The van der Waals surface area contributed by atoms with Crippen LogP contribution in [0.2, 0.25) is 18.1 Å². The Hall–Kier alpha value is -1.36. The van der Waals surface area contributed by atoms with Gasteiger partial charge in [0.2, 0.25) is 0 Å². The SMILES string of the molecule is C#C[C@H](O[Si](C)(C)C(C)(C)C)[C@@H]1OC(C)(C)O[C@H]1CCCCCCCCCCCCCOCc1ccc(OC)cc1. The van der Waals surface area contributed by atoms with Crippen LogP contribution in [0.1, 0.15) is 117 Å². The van der Waals surface area contributed by atoms with Gasteiger partial charge >= 0.3 is 0 Å². The largest absolute Gasteiger partial charge is 0.497 e. The highest BCUT2D eigenvalue weighted by molar-refractivity contribution is 6.74. The van der Waals surface area contributed by atoms with Crippen molar-refractivity contribution in [2.24, 2.45) is 0 Å². The fourth-order valence-corrected chi connectivity index (χ4v) is 6.28. The summed E-state index contributed by atoms with van der Waals surface area (Å²) in [6.07, 6.45) is 20.4. The molecule has 1 fully saturated rings. The van der Waals surface area contributed by atoms with Crippen molar-refractivity contribution in [2.45, 2.75) is 161 Å².